The van der Waals surface area contributed by atoms with Crippen molar-refractivity contribution in [3.8, 4) is 0 Å². The monoisotopic (exact) mass is 394 g/mol. The van der Waals surface area contributed by atoms with Gasteiger partial charge in [0.15, 0.2) is 0 Å². The number of piperidine rings is 1. The van der Waals surface area contributed by atoms with Gasteiger partial charge in [-0.1, -0.05) is 31.4 Å². The lowest BCUT2D eigenvalue weighted by Crippen LogP contribution is -2.44. The van der Waals surface area contributed by atoms with Crippen molar-refractivity contribution < 1.29 is 9.59 Å². The number of hydrogen-bond donors (Lipinski definition) is 1. The highest BCUT2D eigenvalue weighted by Gasteiger charge is 2.33. The summed E-state index contributed by atoms with van der Waals surface area (Å²) in [6.45, 7) is 1.76. The molecule has 0 bridgehead atoms. The Morgan fingerprint density at radius 1 is 0.857 bits per heavy atom. The van der Waals surface area contributed by atoms with Crippen molar-refractivity contribution in [2.75, 3.05) is 18.4 Å². The highest BCUT2D eigenvalue weighted by atomic mass is 31.0. The smallest absolute Gasteiger partial charge is 0.255 e. The second kappa shape index (κ2) is 8.45. The minimum atomic E-state index is -0.150. The van der Waals surface area contributed by atoms with Gasteiger partial charge < -0.3 is 10.2 Å². The molecule has 2 aliphatic rings. The average molecular weight is 394 g/mol. The number of anilines is 1. The van der Waals surface area contributed by atoms with E-state index < -0.39 is 0 Å². The van der Waals surface area contributed by atoms with Gasteiger partial charge in [-0.3, -0.25) is 9.59 Å². The fraction of sp³-hybridized carbons (Fsp3) is 0.391. The van der Waals surface area contributed by atoms with Gasteiger partial charge in [0.05, 0.1) is 0 Å². The third-order valence-electron chi connectivity index (χ3n) is 6.14. The Kier molecular flexibility index (Phi) is 5.77. The Hall–Kier alpha value is -2.19. The predicted octanol–water partition coefficient (Wildman–Crippen LogP) is 4.09. The number of fused-ring (bicyclic) bond motifs is 1. The second-order valence-corrected chi connectivity index (χ2v) is 8.66. The van der Waals surface area contributed by atoms with Crippen LogP contribution >= 0.6 is 9.24 Å². The first-order valence-corrected chi connectivity index (χ1v) is 10.7. The number of nitrogens with one attached hydrogen (secondary N) is 1. The maximum Gasteiger partial charge on any atom is 0.255 e. The summed E-state index contributed by atoms with van der Waals surface area (Å²) in [6, 6.07) is 14.6. The highest BCUT2D eigenvalue weighted by Crippen LogP contribution is 2.36. The summed E-state index contributed by atoms with van der Waals surface area (Å²) in [4.78, 5) is 27.2. The van der Waals surface area contributed by atoms with Crippen LogP contribution in [0.25, 0.3) is 0 Å². The van der Waals surface area contributed by atoms with E-state index in [0.717, 1.165) is 30.7 Å². The van der Waals surface area contributed by atoms with Crippen molar-refractivity contribution in [1.82, 2.24) is 4.90 Å². The number of benzene rings is 2. The molecule has 4 nitrogen and oxygen atoms in total. The molecule has 2 aromatic carbocycles. The van der Waals surface area contributed by atoms with Gasteiger partial charge in [0.2, 0.25) is 0 Å². The minimum Gasteiger partial charge on any atom is -0.338 e. The second-order valence-electron chi connectivity index (χ2n) is 8.00. The van der Waals surface area contributed by atoms with E-state index in [1.54, 1.807) is 12.1 Å². The third kappa shape index (κ3) is 4.28. The molecule has 0 radical (unpaired) electrons. The number of carbonyl (C=O) groups is 2. The van der Waals surface area contributed by atoms with Crippen molar-refractivity contribution in [2.45, 2.75) is 32.1 Å². The first-order chi connectivity index (χ1) is 13.6. The molecule has 4 rings (SSSR count). The van der Waals surface area contributed by atoms with Gasteiger partial charge in [-0.15, -0.1) is 9.24 Å². The summed E-state index contributed by atoms with van der Waals surface area (Å²) in [5.41, 5.74) is 2.00. The fourth-order valence-corrected chi connectivity index (χ4v) is 4.69. The lowest BCUT2D eigenvalue weighted by molar-refractivity contribution is 0.0521. The minimum absolute atomic E-state index is 0.109. The quantitative estimate of drug-likeness (QED) is 0.797. The summed E-state index contributed by atoms with van der Waals surface area (Å²) in [6.07, 6.45) is 6.39. The van der Waals surface area contributed by atoms with Gasteiger partial charge in [0.1, 0.15) is 0 Å². The van der Waals surface area contributed by atoms with E-state index >= 15 is 0 Å². The summed E-state index contributed by atoms with van der Waals surface area (Å²) < 4.78 is 0. The van der Waals surface area contributed by atoms with Crippen molar-refractivity contribution in [3.63, 3.8) is 0 Å². The van der Waals surface area contributed by atoms with Crippen molar-refractivity contribution in [1.29, 1.82) is 0 Å². The number of carbonyl (C=O) groups excluding carboxylic acids is 2. The van der Waals surface area contributed by atoms with Crippen LogP contribution in [0.2, 0.25) is 0 Å². The number of likely N-dealkylation sites (tertiary alicyclic amines) is 1. The first-order valence-electron chi connectivity index (χ1n) is 10.2. The van der Waals surface area contributed by atoms with Crippen LogP contribution in [-0.4, -0.2) is 29.8 Å². The number of hydrogen-bond acceptors (Lipinski definition) is 2. The van der Waals surface area contributed by atoms with Crippen LogP contribution < -0.4 is 10.6 Å². The molecule has 28 heavy (non-hydrogen) atoms. The van der Waals surface area contributed by atoms with Crippen LogP contribution in [0.4, 0.5) is 5.69 Å². The van der Waals surface area contributed by atoms with Crippen LogP contribution in [-0.2, 0) is 0 Å². The lowest BCUT2D eigenvalue weighted by Gasteiger charge is -2.41. The maximum atomic E-state index is 12.9. The van der Waals surface area contributed by atoms with E-state index in [1.165, 1.54) is 25.7 Å². The van der Waals surface area contributed by atoms with Crippen molar-refractivity contribution >= 4 is 32.0 Å². The Labute approximate surface area is 168 Å². The highest BCUT2D eigenvalue weighted by molar-refractivity contribution is 7.27. The molecule has 2 aromatic rings. The summed E-state index contributed by atoms with van der Waals surface area (Å²) in [7, 11) is 2.60. The summed E-state index contributed by atoms with van der Waals surface area (Å²) >= 11 is 0. The number of rotatable bonds is 3. The van der Waals surface area contributed by atoms with Crippen molar-refractivity contribution in [2.24, 2.45) is 11.8 Å². The van der Waals surface area contributed by atoms with Crippen LogP contribution in [0.1, 0.15) is 52.8 Å². The molecule has 2 amide bonds. The molecular formula is C23H27N2O2P. The van der Waals surface area contributed by atoms with E-state index in [4.69, 9.17) is 0 Å². The van der Waals surface area contributed by atoms with Gasteiger partial charge in [-0.2, -0.15) is 0 Å². The summed E-state index contributed by atoms with van der Waals surface area (Å²) in [5.74, 6) is 1.45. The van der Waals surface area contributed by atoms with Gasteiger partial charge in [0, 0.05) is 29.9 Å². The van der Waals surface area contributed by atoms with Gasteiger partial charge in [0.25, 0.3) is 11.8 Å². The topological polar surface area (TPSA) is 49.4 Å². The van der Waals surface area contributed by atoms with Crippen molar-refractivity contribution in [3.05, 3.63) is 59.7 Å². The normalized spacial score (nSPS) is 21.7. The predicted molar refractivity (Wildman–Crippen MR) is 116 cm³/mol. The zero-order valence-electron chi connectivity index (χ0n) is 16.1. The Morgan fingerprint density at radius 3 is 2.21 bits per heavy atom. The third-order valence-corrected chi connectivity index (χ3v) is 6.53. The molecule has 3 atom stereocenters. The van der Waals surface area contributed by atoms with E-state index in [1.807, 2.05) is 41.3 Å². The molecule has 1 saturated heterocycles. The van der Waals surface area contributed by atoms with Crippen LogP contribution in [0.15, 0.2) is 48.5 Å². The molecular weight excluding hydrogens is 367 g/mol. The van der Waals surface area contributed by atoms with Crippen LogP contribution in [0.5, 0.6) is 0 Å². The molecule has 2 fully saturated rings. The molecule has 1 heterocycles. The van der Waals surface area contributed by atoms with Crippen LogP contribution in [0, 0.1) is 11.8 Å². The van der Waals surface area contributed by atoms with E-state index in [-0.39, 0.29) is 11.8 Å². The molecule has 1 N–H and O–H groups in total. The Morgan fingerprint density at radius 2 is 1.50 bits per heavy atom. The summed E-state index contributed by atoms with van der Waals surface area (Å²) in [5, 5.41) is 3.93. The molecule has 146 valence electrons. The van der Waals surface area contributed by atoms with Crippen LogP contribution in [0.3, 0.4) is 0 Å². The van der Waals surface area contributed by atoms with Gasteiger partial charge in [-0.25, -0.2) is 0 Å². The average Bonchev–Trinajstić information content (AvgIpc) is 2.74. The number of amides is 2. The molecule has 1 aliphatic heterocycles. The Bertz CT molecular complexity index is 848. The molecule has 1 aliphatic carbocycles. The molecule has 0 spiro atoms. The Balaban J connectivity index is 1.38. The molecule has 0 aromatic heterocycles. The van der Waals surface area contributed by atoms with Gasteiger partial charge >= 0.3 is 0 Å². The van der Waals surface area contributed by atoms with E-state index in [9.17, 15) is 9.59 Å². The van der Waals surface area contributed by atoms with E-state index in [2.05, 4.69) is 14.6 Å². The molecule has 2 unspecified atom stereocenters. The van der Waals surface area contributed by atoms with Gasteiger partial charge in [-0.05, 0) is 66.4 Å². The molecule has 1 saturated carbocycles. The fourth-order valence-electron chi connectivity index (χ4n) is 4.50. The SMILES string of the molecule is O=C(Nc1ccc(C(=O)N2CCC3CCCC[C@H]3C2)cc1)c1ccc(P)cc1. The largest absolute Gasteiger partial charge is 0.338 e. The maximum absolute atomic E-state index is 12.9. The lowest BCUT2D eigenvalue weighted by atomic mass is 9.75. The first kappa shape index (κ1) is 19.1. The standard InChI is InChI=1S/C23H27N2O2P/c26-22(17-7-11-21(28)12-8-17)24-20-9-5-18(6-10-20)23(27)25-14-13-16-3-1-2-4-19(16)15-25/h5-12,16,19H,1-4,13-15,28H2,(H,24,26)/t16?,19-/m0/s1. The molecule has 5 heteroatoms. The zero-order valence-corrected chi connectivity index (χ0v) is 17.2. The zero-order chi connectivity index (χ0) is 19.5. The van der Waals surface area contributed by atoms with E-state index in [0.29, 0.717) is 22.7 Å². The number of nitrogens with zero attached hydrogens (tertiary/aromatic N) is 1.